The van der Waals surface area contributed by atoms with Gasteiger partial charge in [0.05, 0.1) is 12.1 Å². The highest BCUT2D eigenvalue weighted by Crippen LogP contribution is 2.22. The number of nitrogens with zero attached hydrogens (tertiary/aromatic N) is 1. The molecule has 0 bridgehead atoms. The first-order valence-corrected chi connectivity index (χ1v) is 6.48. The predicted molar refractivity (Wildman–Crippen MR) is 68.8 cm³/mol. The van der Waals surface area contributed by atoms with Crippen molar-refractivity contribution in [2.75, 3.05) is 13.7 Å². The van der Waals surface area contributed by atoms with E-state index in [-0.39, 0.29) is 11.5 Å². The van der Waals surface area contributed by atoms with E-state index >= 15 is 0 Å². The quantitative estimate of drug-likeness (QED) is 0.862. The first-order chi connectivity index (χ1) is 7.45. The molecule has 2 unspecified atom stereocenters. The van der Waals surface area contributed by atoms with Crippen LogP contribution in [0.2, 0.25) is 0 Å². The summed E-state index contributed by atoms with van der Waals surface area (Å²) in [5, 5.41) is 6.60. The molecule has 0 spiro atoms. The van der Waals surface area contributed by atoms with Crippen molar-refractivity contribution in [2.24, 2.45) is 5.41 Å². The molecule has 0 aromatic carbocycles. The molecule has 16 heavy (non-hydrogen) atoms. The van der Waals surface area contributed by atoms with Crippen LogP contribution in [-0.4, -0.2) is 24.7 Å². The van der Waals surface area contributed by atoms with Crippen molar-refractivity contribution in [3.63, 3.8) is 0 Å². The van der Waals surface area contributed by atoms with E-state index in [2.05, 4.69) is 38.0 Å². The standard InChI is InChI=1S/C12H22N2OS/c1-9(11-13-6-7-16-11)14-8-10(15-5)12(2,3)4/h6-7,9-10,14H,8H2,1-5H3. The Morgan fingerprint density at radius 2 is 2.19 bits per heavy atom. The van der Waals surface area contributed by atoms with Gasteiger partial charge in [-0.15, -0.1) is 11.3 Å². The Bertz CT molecular complexity index is 292. The summed E-state index contributed by atoms with van der Waals surface area (Å²) in [6.07, 6.45) is 2.06. The molecule has 1 rings (SSSR count). The second-order valence-electron chi connectivity index (χ2n) is 5.09. The minimum Gasteiger partial charge on any atom is -0.380 e. The third kappa shape index (κ3) is 3.85. The molecular weight excluding hydrogens is 220 g/mol. The van der Waals surface area contributed by atoms with Crippen molar-refractivity contribution in [2.45, 2.75) is 39.8 Å². The number of ether oxygens (including phenoxy) is 1. The van der Waals surface area contributed by atoms with Gasteiger partial charge in [0, 0.05) is 25.2 Å². The van der Waals surface area contributed by atoms with E-state index in [9.17, 15) is 0 Å². The Hall–Kier alpha value is -0.450. The van der Waals surface area contributed by atoms with Gasteiger partial charge in [0.1, 0.15) is 5.01 Å². The van der Waals surface area contributed by atoms with Gasteiger partial charge in [-0.2, -0.15) is 0 Å². The lowest BCUT2D eigenvalue weighted by atomic mass is 9.89. The predicted octanol–water partition coefficient (Wildman–Crippen LogP) is 2.85. The molecular formula is C12H22N2OS. The third-order valence-corrected chi connectivity index (χ3v) is 3.64. The highest BCUT2D eigenvalue weighted by Gasteiger charge is 2.24. The summed E-state index contributed by atoms with van der Waals surface area (Å²) in [6.45, 7) is 9.56. The Balaban J connectivity index is 2.44. The molecule has 0 radical (unpaired) electrons. The summed E-state index contributed by atoms with van der Waals surface area (Å²) in [5.74, 6) is 0. The average Bonchev–Trinajstić information content (AvgIpc) is 2.68. The first kappa shape index (κ1) is 13.6. The number of aromatic nitrogens is 1. The molecule has 0 amide bonds. The minimum absolute atomic E-state index is 0.157. The van der Waals surface area contributed by atoms with Crippen molar-refractivity contribution in [1.29, 1.82) is 0 Å². The molecule has 4 heteroatoms. The van der Waals surface area contributed by atoms with Gasteiger partial charge in [0.15, 0.2) is 0 Å². The molecule has 0 aliphatic rings. The Kier molecular flexibility index (Phi) is 4.89. The van der Waals surface area contributed by atoms with Gasteiger partial charge in [0.2, 0.25) is 0 Å². The normalized spacial score (nSPS) is 16.1. The third-order valence-electron chi connectivity index (χ3n) is 2.68. The number of nitrogens with one attached hydrogen (secondary N) is 1. The van der Waals surface area contributed by atoms with Crippen molar-refractivity contribution in [1.82, 2.24) is 10.3 Å². The molecule has 0 fully saturated rings. The number of methoxy groups -OCH3 is 1. The monoisotopic (exact) mass is 242 g/mol. The van der Waals surface area contributed by atoms with Crippen LogP contribution in [0.4, 0.5) is 0 Å². The van der Waals surface area contributed by atoms with Gasteiger partial charge < -0.3 is 10.1 Å². The summed E-state index contributed by atoms with van der Waals surface area (Å²) in [7, 11) is 1.77. The van der Waals surface area contributed by atoms with E-state index in [0.717, 1.165) is 11.6 Å². The van der Waals surface area contributed by atoms with Crippen LogP contribution < -0.4 is 5.32 Å². The van der Waals surface area contributed by atoms with Crippen LogP contribution in [0.15, 0.2) is 11.6 Å². The first-order valence-electron chi connectivity index (χ1n) is 5.60. The topological polar surface area (TPSA) is 34.1 Å². The molecule has 0 aliphatic heterocycles. The van der Waals surface area contributed by atoms with Gasteiger partial charge in [-0.3, -0.25) is 0 Å². The summed E-state index contributed by atoms with van der Waals surface area (Å²) < 4.78 is 5.50. The zero-order valence-electron chi connectivity index (χ0n) is 10.8. The fourth-order valence-corrected chi connectivity index (χ4v) is 2.23. The van der Waals surface area contributed by atoms with Crippen molar-refractivity contribution >= 4 is 11.3 Å². The van der Waals surface area contributed by atoms with Gasteiger partial charge >= 0.3 is 0 Å². The Labute approximate surface area is 102 Å². The van der Waals surface area contributed by atoms with E-state index in [0.29, 0.717) is 6.04 Å². The van der Waals surface area contributed by atoms with Crippen LogP contribution in [0, 0.1) is 5.41 Å². The Morgan fingerprint density at radius 1 is 1.50 bits per heavy atom. The van der Waals surface area contributed by atoms with Crippen LogP contribution in [0.1, 0.15) is 38.7 Å². The van der Waals surface area contributed by atoms with Crippen molar-refractivity contribution in [3.8, 4) is 0 Å². The maximum absolute atomic E-state index is 5.50. The molecule has 3 nitrogen and oxygen atoms in total. The number of hydrogen-bond donors (Lipinski definition) is 1. The highest BCUT2D eigenvalue weighted by molar-refractivity contribution is 7.09. The van der Waals surface area contributed by atoms with Crippen LogP contribution in [-0.2, 0) is 4.74 Å². The van der Waals surface area contributed by atoms with E-state index in [1.165, 1.54) is 0 Å². The van der Waals surface area contributed by atoms with E-state index in [4.69, 9.17) is 4.74 Å². The molecule has 1 aromatic heterocycles. The van der Waals surface area contributed by atoms with Crippen molar-refractivity contribution in [3.05, 3.63) is 16.6 Å². The van der Waals surface area contributed by atoms with E-state index in [1.807, 2.05) is 11.6 Å². The second kappa shape index (κ2) is 5.75. The van der Waals surface area contributed by atoms with Crippen LogP contribution in [0.3, 0.4) is 0 Å². The van der Waals surface area contributed by atoms with Crippen molar-refractivity contribution < 1.29 is 4.74 Å². The van der Waals surface area contributed by atoms with Gasteiger partial charge in [-0.25, -0.2) is 4.98 Å². The van der Waals surface area contributed by atoms with Crippen LogP contribution in [0.5, 0.6) is 0 Å². The fourth-order valence-electron chi connectivity index (χ4n) is 1.56. The average molecular weight is 242 g/mol. The minimum atomic E-state index is 0.157. The SMILES string of the molecule is COC(CNC(C)c1nccs1)C(C)(C)C. The zero-order valence-corrected chi connectivity index (χ0v) is 11.6. The van der Waals surface area contributed by atoms with E-state index in [1.54, 1.807) is 18.4 Å². The summed E-state index contributed by atoms with van der Waals surface area (Å²) in [4.78, 5) is 4.30. The largest absolute Gasteiger partial charge is 0.380 e. The molecule has 1 heterocycles. The molecule has 0 aliphatic carbocycles. The molecule has 2 atom stereocenters. The number of rotatable bonds is 5. The van der Waals surface area contributed by atoms with Crippen LogP contribution in [0.25, 0.3) is 0 Å². The number of hydrogen-bond acceptors (Lipinski definition) is 4. The summed E-state index contributed by atoms with van der Waals surface area (Å²) >= 11 is 1.68. The zero-order chi connectivity index (χ0) is 12.2. The van der Waals surface area contributed by atoms with Crippen LogP contribution >= 0.6 is 11.3 Å². The van der Waals surface area contributed by atoms with Gasteiger partial charge in [-0.05, 0) is 12.3 Å². The van der Waals surface area contributed by atoms with Gasteiger partial charge in [0.25, 0.3) is 0 Å². The molecule has 1 aromatic rings. The van der Waals surface area contributed by atoms with E-state index < -0.39 is 0 Å². The molecule has 0 saturated carbocycles. The highest BCUT2D eigenvalue weighted by atomic mass is 32.1. The molecule has 92 valence electrons. The maximum atomic E-state index is 5.50. The fraction of sp³-hybridized carbons (Fsp3) is 0.750. The molecule has 1 N–H and O–H groups in total. The maximum Gasteiger partial charge on any atom is 0.109 e. The lowest BCUT2D eigenvalue weighted by Crippen LogP contribution is -2.39. The lowest BCUT2D eigenvalue weighted by Gasteiger charge is -2.30. The number of thiazole rings is 1. The Morgan fingerprint density at radius 3 is 2.62 bits per heavy atom. The summed E-state index contributed by atoms with van der Waals surface area (Å²) in [5.41, 5.74) is 0.157. The smallest absolute Gasteiger partial charge is 0.109 e. The van der Waals surface area contributed by atoms with Gasteiger partial charge in [-0.1, -0.05) is 20.8 Å². The molecule has 0 saturated heterocycles. The summed E-state index contributed by atoms with van der Waals surface area (Å²) in [6, 6.07) is 0.292. The second-order valence-corrected chi connectivity index (χ2v) is 6.02. The lowest BCUT2D eigenvalue weighted by molar-refractivity contribution is 0.0160.